The molecule has 1 aliphatic rings. The van der Waals surface area contributed by atoms with Gasteiger partial charge in [-0.3, -0.25) is 0 Å². The van der Waals surface area contributed by atoms with Gasteiger partial charge in [0.15, 0.2) is 0 Å². The number of fused-ring (bicyclic) bond motifs is 1. The third-order valence-electron chi connectivity index (χ3n) is 2.67. The van der Waals surface area contributed by atoms with E-state index >= 15 is 0 Å². The summed E-state index contributed by atoms with van der Waals surface area (Å²) in [6.07, 6.45) is 1.31. The molecule has 0 saturated heterocycles. The standard InChI is InChI=1S/C11H14N2O2.ClH/c1-15-11(14)13-10-5-7-2-3-9(12)4-8(7)6-10;/h2-4,10H,5-6,12H2,1H3,(H,13,14);1H. The third kappa shape index (κ3) is 2.58. The van der Waals surface area contributed by atoms with Gasteiger partial charge in [0.05, 0.1) is 7.11 Å². The average molecular weight is 243 g/mol. The number of methoxy groups -OCH3 is 1. The summed E-state index contributed by atoms with van der Waals surface area (Å²) in [6, 6.07) is 6.01. The summed E-state index contributed by atoms with van der Waals surface area (Å²) in [4.78, 5) is 11.0. The summed E-state index contributed by atoms with van der Waals surface area (Å²) in [7, 11) is 1.37. The molecule has 0 bridgehead atoms. The predicted octanol–water partition coefficient (Wildman–Crippen LogP) is 1.51. The Kier molecular flexibility index (Phi) is 4.01. The molecule has 0 aromatic heterocycles. The molecule has 1 unspecified atom stereocenters. The molecule has 5 heteroatoms. The number of carbonyl (C=O) groups excluding carboxylic acids is 1. The number of alkyl carbamates (subject to hydrolysis) is 1. The van der Waals surface area contributed by atoms with Crippen molar-refractivity contribution in [3.63, 3.8) is 0 Å². The number of nitrogens with one attached hydrogen (secondary N) is 1. The number of amides is 1. The van der Waals surface area contributed by atoms with Crippen LogP contribution in [0.5, 0.6) is 0 Å². The van der Waals surface area contributed by atoms with Crippen molar-refractivity contribution in [2.75, 3.05) is 12.8 Å². The molecule has 1 aromatic carbocycles. The highest BCUT2D eigenvalue weighted by Gasteiger charge is 2.22. The fourth-order valence-electron chi connectivity index (χ4n) is 1.97. The molecule has 1 aliphatic carbocycles. The Morgan fingerprint density at radius 2 is 2.12 bits per heavy atom. The van der Waals surface area contributed by atoms with Crippen LogP contribution in [0.2, 0.25) is 0 Å². The Morgan fingerprint density at radius 1 is 1.44 bits per heavy atom. The van der Waals surface area contributed by atoms with E-state index < -0.39 is 0 Å². The minimum atomic E-state index is -0.374. The van der Waals surface area contributed by atoms with Crippen LogP contribution in [0.15, 0.2) is 18.2 Å². The fraction of sp³-hybridized carbons (Fsp3) is 0.364. The van der Waals surface area contributed by atoms with Crippen molar-refractivity contribution in [1.29, 1.82) is 0 Å². The van der Waals surface area contributed by atoms with Crippen molar-refractivity contribution >= 4 is 24.2 Å². The Morgan fingerprint density at radius 3 is 2.81 bits per heavy atom. The van der Waals surface area contributed by atoms with Crippen LogP contribution in [0.4, 0.5) is 10.5 Å². The molecule has 1 amide bonds. The van der Waals surface area contributed by atoms with Crippen LogP contribution in [0.1, 0.15) is 11.1 Å². The van der Waals surface area contributed by atoms with E-state index in [1.54, 1.807) is 0 Å². The van der Waals surface area contributed by atoms with Gasteiger partial charge in [-0.15, -0.1) is 12.4 Å². The van der Waals surface area contributed by atoms with Gasteiger partial charge in [-0.2, -0.15) is 0 Å². The molecule has 88 valence electrons. The molecule has 0 aliphatic heterocycles. The average Bonchev–Trinajstić information content (AvgIpc) is 2.59. The number of nitrogen functional groups attached to an aromatic ring is 1. The first-order valence-corrected chi connectivity index (χ1v) is 4.91. The van der Waals surface area contributed by atoms with Crippen LogP contribution in [0.3, 0.4) is 0 Å². The van der Waals surface area contributed by atoms with E-state index in [0.717, 1.165) is 18.5 Å². The number of benzene rings is 1. The van der Waals surface area contributed by atoms with Gasteiger partial charge in [-0.05, 0) is 36.1 Å². The minimum absolute atomic E-state index is 0. The summed E-state index contributed by atoms with van der Waals surface area (Å²) >= 11 is 0. The number of rotatable bonds is 1. The first-order valence-electron chi connectivity index (χ1n) is 4.91. The molecule has 0 spiro atoms. The summed E-state index contributed by atoms with van der Waals surface area (Å²) in [6.45, 7) is 0. The number of anilines is 1. The molecule has 3 N–H and O–H groups in total. The normalized spacial score (nSPS) is 17.2. The van der Waals surface area contributed by atoms with E-state index in [1.807, 2.05) is 18.2 Å². The number of carbonyl (C=O) groups is 1. The smallest absolute Gasteiger partial charge is 0.407 e. The molecule has 2 rings (SSSR count). The van der Waals surface area contributed by atoms with Gasteiger partial charge in [0, 0.05) is 11.7 Å². The number of nitrogens with two attached hydrogens (primary N) is 1. The van der Waals surface area contributed by atoms with Crippen molar-refractivity contribution in [3.8, 4) is 0 Å². The van der Waals surface area contributed by atoms with E-state index in [4.69, 9.17) is 5.73 Å². The number of halogens is 1. The lowest BCUT2D eigenvalue weighted by molar-refractivity contribution is 0.167. The Hall–Kier alpha value is -1.42. The highest BCUT2D eigenvalue weighted by Crippen LogP contribution is 2.24. The first-order chi connectivity index (χ1) is 7.19. The maximum absolute atomic E-state index is 11.0. The Bertz CT molecular complexity index is 396. The maximum atomic E-state index is 11.0. The maximum Gasteiger partial charge on any atom is 0.407 e. The van der Waals surface area contributed by atoms with Crippen LogP contribution in [-0.4, -0.2) is 19.2 Å². The number of hydrogen-bond donors (Lipinski definition) is 2. The zero-order valence-electron chi connectivity index (χ0n) is 9.03. The predicted molar refractivity (Wildman–Crippen MR) is 64.8 cm³/mol. The quantitative estimate of drug-likeness (QED) is 0.734. The molecular weight excluding hydrogens is 228 g/mol. The van der Waals surface area contributed by atoms with Crippen LogP contribution in [0, 0.1) is 0 Å². The van der Waals surface area contributed by atoms with Crippen LogP contribution >= 0.6 is 12.4 Å². The molecule has 4 nitrogen and oxygen atoms in total. The van der Waals surface area contributed by atoms with E-state index in [0.29, 0.717) is 0 Å². The molecule has 0 fully saturated rings. The third-order valence-corrected chi connectivity index (χ3v) is 2.67. The number of hydrogen-bond acceptors (Lipinski definition) is 3. The highest BCUT2D eigenvalue weighted by atomic mass is 35.5. The number of ether oxygens (including phenoxy) is 1. The lowest BCUT2D eigenvalue weighted by Crippen LogP contribution is -2.35. The highest BCUT2D eigenvalue weighted by molar-refractivity contribution is 5.85. The Balaban J connectivity index is 0.00000128. The summed E-state index contributed by atoms with van der Waals surface area (Å²) in [5.41, 5.74) is 8.94. The van der Waals surface area contributed by atoms with E-state index in [9.17, 15) is 4.79 Å². The molecule has 0 heterocycles. The van der Waals surface area contributed by atoms with E-state index in [2.05, 4.69) is 10.1 Å². The largest absolute Gasteiger partial charge is 0.453 e. The lowest BCUT2D eigenvalue weighted by Gasteiger charge is -2.09. The van der Waals surface area contributed by atoms with Crippen LogP contribution in [0.25, 0.3) is 0 Å². The second-order valence-electron chi connectivity index (χ2n) is 3.77. The van der Waals surface area contributed by atoms with Crippen LogP contribution < -0.4 is 11.1 Å². The topological polar surface area (TPSA) is 64.3 Å². The molecule has 16 heavy (non-hydrogen) atoms. The van der Waals surface area contributed by atoms with Gasteiger partial charge in [0.2, 0.25) is 0 Å². The molecule has 0 saturated carbocycles. The van der Waals surface area contributed by atoms with Gasteiger partial charge in [-0.25, -0.2) is 4.79 Å². The van der Waals surface area contributed by atoms with Crippen molar-refractivity contribution in [2.24, 2.45) is 0 Å². The van der Waals surface area contributed by atoms with Crippen molar-refractivity contribution in [3.05, 3.63) is 29.3 Å². The SMILES string of the molecule is COC(=O)NC1Cc2ccc(N)cc2C1.Cl. The lowest BCUT2D eigenvalue weighted by atomic mass is 10.1. The zero-order chi connectivity index (χ0) is 10.8. The van der Waals surface area contributed by atoms with Gasteiger partial charge in [0.1, 0.15) is 0 Å². The summed E-state index contributed by atoms with van der Waals surface area (Å²) < 4.78 is 4.56. The second-order valence-corrected chi connectivity index (χ2v) is 3.77. The van der Waals surface area contributed by atoms with Gasteiger partial charge in [-0.1, -0.05) is 6.07 Å². The Labute approximate surface area is 101 Å². The first kappa shape index (κ1) is 12.6. The molecular formula is C11H15ClN2O2. The van der Waals surface area contributed by atoms with Crippen molar-refractivity contribution < 1.29 is 9.53 Å². The minimum Gasteiger partial charge on any atom is -0.453 e. The summed E-state index contributed by atoms with van der Waals surface area (Å²) in [5.74, 6) is 0. The van der Waals surface area contributed by atoms with Crippen LogP contribution in [-0.2, 0) is 17.6 Å². The fourth-order valence-corrected chi connectivity index (χ4v) is 1.97. The molecule has 0 radical (unpaired) electrons. The van der Waals surface area contributed by atoms with Gasteiger partial charge < -0.3 is 15.8 Å². The monoisotopic (exact) mass is 242 g/mol. The second kappa shape index (κ2) is 5.07. The molecule has 1 aromatic rings. The molecule has 1 atom stereocenters. The van der Waals surface area contributed by atoms with Gasteiger partial charge in [0.25, 0.3) is 0 Å². The van der Waals surface area contributed by atoms with E-state index in [-0.39, 0.29) is 24.5 Å². The van der Waals surface area contributed by atoms with Gasteiger partial charge >= 0.3 is 6.09 Å². The van der Waals surface area contributed by atoms with Crippen molar-refractivity contribution in [1.82, 2.24) is 5.32 Å². The van der Waals surface area contributed by atoms with E-state index in [1.165, 1.54) is 18.2 Å². The van der Waals surface area contributed by atoms with Crippen molar-refractivity contribution in [2.45, 2.75) is 18.9 Å². The summed E-state index contributed by atoms with van der Waals surface area (Å²) in [5, 5.41) is 2.79. The zero-order valence-corrected chi connectivity index (χ0v) is 9.84.